The van der Waals surface area contributed by atoms with Gasteiger partial charge in [0.2, 0.25) is 0 Å². The number of pyridine rings is 1. The summed E-state index contributed by atoms with van der Waals surface area (Å²) in [7, 11) is 1.67. The highest BCUT2D eigenvalue weighted by Crippen LogP contribution is 2.34. The molecule has 0 bridgehead atoms. The van der Waals surface area contributed by atoms with Crippen molar-refractivity contribution in [3.05, 3.63) is 53.1 Å². The molecule has 1 aliphatic heterocycles. The summed E-state index contributed by atoms with van der Waals surface area (Å²) in [6.45, 7) is 3.73. The summed E-state index contributed by atoms with van der Waals surface area (Å²) in [5.74, 6) is 1.41. The summed E-state index contributed by atoms with van der Waals surface area (Å²) < 4.78 is 26.1. The lowest BCUT2D eigenvalue weighted by atomic mass is 9.89. The number of piperidine rings is 1. The van der Waals surface area contributed by atoms with Crippen molar-refractivity contribution in [1.29, 1.82) is 0 Å². The fraction of sp³-hybridized carbons (Fsp3) is 0.538. The van der Waals surface area contributed by atoms with Crippen molar-refractivity contribution in [2.75, 3.05) is 26.8 Å². The van der Waals surface area contributed by atoms with Gasteiger partial charge in [-0.25, -0.2) is 4.39 Å². The van der Waals surface area contributed by atoms with Crippen LogP contribution in [0.5, 0.6) is 11.5 Å². The van der Waals surface area contributed by atoms with Gasteiger partial charge >= 0.3 is 0 Å². The summed E-state index contributed by atoms with van der Waals surface area (Å²) in [6, 6.07) is 6.58. The lowest BCUT2D eigenvalue weighted by Gasteiger charge is -2.32. The highest BCUT2D eigenvalue weighted by molar-refractivity contribution is 5.94. The minimum absolute atomic E-state index is 0.114. The van der Waals surface area contributed by atoms with Gasteiger partial charge in [-0.3, -0.25) is 9.78 Å². The molecule has 5 nitrogen and oxygen atoms in total. The van der Waals surface area contributed by atoms with Crippen LogP contribution in [0.1, 0.15) is 72.5 Å². The van der Waals surface area contributed by atoms with E-state index in [1.165, 1.54) is 38.2 Å². The van der Waals surface area contributed by atoms with E-state index in [4.69, 9.17) is 9.47 Å². The molecular weight excluding hydrogens is 407 g/mol. The normalized spacial score (nSPS) is 17.9. The zero-order valence-electron chi connectivity index (χ0n) is 19.1. The zero-order valence-corrected chi connectivity index (χ0v) is 19.1. The number of amides is 1. The molecule has 2 aromatic rings. The molecule has 0 spiro atoms. The topological polar surface area (TPSA) is 51.7 Å². The summed E-state index contributed by atoms with van der Waals surface area (Å²) >= 11 is 0. The van der Waals surface area contributed by atoms with E-state index in [1.807, 2.05) is 19.2 Å². The molecule has 32 heavy (non-hydrogen) atoms. The molecule has 1 aromatic heterocycles. The maximum atomic E-state index is 14.7. The van der Waals surface area contributed by atoms with Crippen LogP contribution >= 0.6 is 0 Å². The number of benzene rings is 1. The first-order chi connectivity index (χ1) is 15.5. The van der Waals surface area contributed by atoms with Gasteiger partial charge in [-0.1, -0.05) is 19.3 Å². The number of aromatic nitrogens is 1. The van der Waals surface area contributed by atoms with Gasteiger partial charge < -0.3 is 14.4 Å². The molecule has 2 heterocycles. The van der Waals surface area contributed by atoms with Crippen LogP contribution in [0.15, 0.2) is 30.5 Å². The standard InChI is InChI=1S/C26H33FN2O3/c1-18-14-25(31-2)23(16-28-18)20-10-12-29(13-11-20)26(30)22-9-8-21(15-24(22)27)32-17-19-6-4-3-5-7-19/h8-9,14-16,19-20H,3-7,10-13,17H2,1-2H3. The maximum Gasteiger partial charge on any atom is 0.256 e. The Kier molecular flexibility index (Phi) is 7.28. The second kappa shape index (κ2) is 10.3. The van der Waals surface area contributed by atoms with Crippen LogP contribution in [-0.2, 0) is 0 Å². The van der Waals surface area contributed by atoms with Gasteiger partial charge in [-0.05, 0) is 56.6 Å². The van der Waals surface area contributed by atoms with E-state index in [0.29, 0.717) is 31.4 Å². The van der Waals surface area contributed by atoms with E-state index >= 15 is 0 Å². The van der Waals surface area contributed by atoms with E-state index in [1.54, 1.807) is 24.1 Å². The van der Waals surface area contributed by atoms with Crippen molar-refractivity contribution in [2.45, 2.75) is 57.8 Å². The molecule has 0 N–H and O–H groups in total. The van der Waals surface area contributed by atoms with Gasteiger partial charge in [0, 0.05) is 42.7 Å². The maximum absolute atomic E-state index is 14.7. The number of carbonyl (C=O) groups is 1. The summed E-state index contributed by atoms with van der Waals surface area (Å²) in [5.41, 5.74) is 2.11. The van der Waals surface area contributed by atoms with Crippen LogP contribution in [-0.4, -0.2) is 42.6 Å². The Balaban J connectivity index is 1.34. The number of ether oxygens (including phenoxy) is 2. The summed E-state index contributed by atoms with van der Waals surface area (Å²) in [6.07, 6.45) is 9.64. The Morgan fingerprint density at radius 3 is 2.56 bits per heavy atom. The monoisotopic (exact) mass is 440 g/mol. The molecule has 1 aromatic carbocycles. The Morgan fingerprint density at radius 2 is 1.88 bits per heavy atom. The average molecular weight is 441 g/mol. The molecule has 1 amide bonds. The predicted octanol–water partition coefficient (Wildman–Crippen LogP) is 5.52. The zero-order chi connectivity index (χ0) is 22.5. The number of aryl methyl sites for hydroxylation is 1. The number of methoxy groups -OCH3 is 1. The minimum Gasteiger partial charge on any atom is -0.496 e. The molecule has 1 saturated heterocycles. The van der Waals surface area contributed by atoms with Crippen LogP contribution in [0.25, 0.3) is 0 Å². The van der Waals surface area contributed by atoms with Crippen LogP contribution in [0.4, 0.5) is 4.39 Å². The van der Waals surface area contributed by atoms with Crippen LogP contribution in [0.3, 0.4) is 0 Å². The minimum atomic E-state index is -0.511. The van der Waals surface area contributed by atoms with Gasteiger partial charge in [0.05, 0.1) is 19.3 Å². The molecule has 2 fully saturated rings. The number of likely N-dealkylation sites (tertiary alicyclic amines) is 1. The fourth-order valence-corrected chi connectivity index (χ4v) is 4.92. The van der Waals surface area contributed by atoms with Crippen molar-refractivity contribution >= 4 is 5.91 Å². The smallest absolute Gasteiger partial charge is 0.256 e. The third kappa shape index (κ3) is 5.22. The van der Waals surface area contributed by atoms with Gasteiger partial charge in [-0.2, -0.15) is 0 Å². The average Bonchev–Trinajstić information content (AvgIpc) is 2.83. The molecule has 6 heteroatoms. The molecule has 2 aliphatic rings. The van der Waals surface area contributed by atoms with Gasteiger partial charge in [0.25, 0.3) is 5.91 Å². The first-order valence-electron chi connectivity index (χ1n) is 11.8. The lowest BCUT2D eigenvalue weighted by Crippen LogP contribution is -2.38. The summed E-state index contributed by atoms with van der Waals surface area (Å²) in [5, 5.41) is 0. The molecule has 0 unspecified atom stereocenters. The van der Waals surface area contributed by atoms with E-state index in [0.717, 1.165) is 29.8 Å². The van der Waals surface area contributed by atoms with E-state index in [9.17, 15) is 9.18 Å². The van der Waals surface area contributed by atoms with Gasteiger partial charge in [0.15, 0.2) is 0 Å². The number of hydrogen-bond acceptors (Lipinski definition) is 4. The van der Waals surface area contributed by atoms with Crippen molar-refractivity contribution in [2.24, 2.45) is 5.92 Å². The largest absolute Gasteiger partial charge is 0.496 e. The quantitative estimate of drug-likeness (QED) is 0.594. The number of hydrogen-bond donors (Lipinski definition) is 0. The molecule has 1 aliphatic carbocycles. The molecule has 0 atom stereocenters. The Hall–Kier alpha value is -2.63. The van der Waals surface area contributed by atoms with E-state index in [-0.39, 0.29) is 17.4 Å². The van der Waals surface area contributed by atoms with Gasteiger partial charge in [0.1, 0.15) is 17.3 Å². The number of nitrogens with zero attached hydrogens (tertiary/aromatic N) is 2. The number of halogens is 1. The summed E-state index contributed by atoms with van der Waals surface area (Å²) in [4.78, 5) is 19.1. The molecule has 4 rings (SSSR count). The second-order valence-electron chi connectivity index (χ2n) is 9.09. The molecule has 1 saturated carbocycles. The molecule has 172 valence electrons. The highest BCUT2D eigenvalue weighted by Gasteiger charge is 2.28. The number of rotatable bonds is 6. The highest BCUT2D eigenvalue weighted by atomic mass is 19.1. The van der Waals surface area contributed by atoms with E-state index in [2.05, 4.69) is 4.98 Å². The Labute approximate surface area is 189 Å². The predicted molar refractivity (Wildman–Crippen MR) is 122 cm³/mol. The van der Waals surface area contributed by atoms with Crippen molar-refractivity contribution < 1.29 is 18.7 Å². The molecular formula is C26H33FN2O3. The lowest BCUT2D eigenvalue weighted by molar-refractivity contribution is 0.0707. The fourth-order valence-electron chi connectivity index (χ4n) is 4.92. The van der Waals surface area contributed by atoms with Crippen LogP contribution in [0.2, 0.25) is 0 Å². The van der Waals surface area contributed by atoms with E-state index < -0.39 is 5.82 Å². The SMILES string of the molecule is COc1cc(C)ncc1C1CCN(C(=O)c2ccc(OCC3CCCCC3)cc2F)CC1. The second-order valence-corrected chi connectivity index (χ2v) is 9.09. The first-order valence-corrected chi connectivity index (χ1v) is 11.8. The third-order valence-electron chi connectivity index (χ3n) is 6.86. The van der Waals surface area contributed by atoms with Crippen molar-refractivity contribution in [3.63, 3.8) is 0 Å². The van der Waals surface area contributed by atoms with Crippen LogP contribution < -0.4 is 9.47 Å². The first kappa shape index (κ1) is 22.6. The van der Waals surface area contributed by atoms with Crippen molar-refractivity contribution in [1.82, 2.24) is 9.88 Å². The number of carbonyl (C=O) groups excluding carboxylic acids is 1. The van der Waals surface area contributed by atoms with Gasteiger partial charge in [-0.15, -0.1) is 0 Å². The van der Waals surface area contributed by atoms with Crippen LogP contribution in [0, 0.1) is 18.7 Å². The molecule has 0 radical (unpaired) electrons. The Bertz CT molecular complexity index is 935. The third-order valence-corrected chi connectivity index (χ3v) is 6.86. The Morgan fingerprint density at radius 1 is 1.12 bits per heavy atom. The van der Waals surface area contributed by atoms with Crippen molar-refractivity contribution in [3.8, 4) is 11.5 Å².